The molecule has 1 aliphatic heterocycles. The summed E-state index contributed by atoms with van der Waals surface area (Å²) in [6.07, 6.45) is 9.47. The van der Waals surface area contributed by atoms with Gasteiger partial charge in [0.2, 0.25) is 10.0 Å². The van der Waals surface area contributed by atoms with E-state index >= 15 is 0 Å². The number of hydrogen-bond donors (Lipinski definition) is 1. The molecule has 1 saturated heterocycles. The van der Waals surface area contributed by atoms with Gasteiger partial charge in [0.05, 0.1) is 6.26 Å². The maximum absolute atomic E-state index is 12.8. The Hall–Kier alpha value is -2.11. The van der Waals surface area contributed by atoms with E-state index in [0.717, 1.165) is 23.2 Å². The van der Waals surface area contributed by atoms with Crippen LogP contribution in [-0.4, -0.2) is 49.2 Å². The van der Waals surface area contributed by atoms with Gasteiger partial charge in [-0.1, -0.05) is 19.3 Å². The fourth-order valence-corrected chi connectivity index (χ4v) is 5.46. The first-order valence-electron chi connectivity index (χ1n) is 10.3. The molecule has 1 N–H and O–H groups in total. The molecule has 2 aliphatic rings. The fourth-order valence-electron chi connectivity index (χ4n) is 4.66. The Labute approximate surface area is 173 Å². The minimum Gasteiger partial charge on any atom is -0.346 e. The Bertz CT molecular complexity index is 949. The minimum atomic E-state index is -3.32. The van der Waals surface area contributed by atoms with Crippen LogP contribution < -0.4 is 4.72 Å². The van der Waals surface area contributed by atoms with Gasteiger partial charge in [0.25, 0.3) is 5.91 Å². The standard InChI is InChI=1S/C21H30N4O3S/c1-15-11-17(16(2)25(15)20-7-5-4-6-8-20)12-18(13-22)21(26)24-10-9-19(14-24)23-29(3,27)28/h11-12,19-20,23H,4-10,14H2,1-3H3/b18-12-. The Morgan fingerprint density at radius 1 is 1.24 bits per heavy atom. The molecule has 1 unspecified atom stereocenters. The first kappa shape index (κ1) is 21.6. The molecular weight excluding hydrogens is 388 g/mol. The number of aromatic nitrogens is 1. The van der Waals surface area contributed by atoms with Crippen molar-refractivity contribution < 1.29 is 13.2 Å². The van der Waals surface area contributed by atoms with Gasteiger partial charge in [-0.3, -0.25) is 4.79 Å². The number of sulfonamides is 1. The SMILES string of the molecule is Cc1cc(/C=C(/C#N)C(=O)N2CCC(NS(C)(=O)=O)C2)c(C)n1C1CCCCC1. The molecule has 2 fully saturated rings. The molecule has 2 heterocycles. The average molecular weight is 419 g/mol. The summed E-state index contributed by atoms with van der Waals surface area (Å²) in [4.78, 5) is 14.4. The molecule has 3 rings (SSSR count). The predicted molar refractivity (Wildman–Crippen MR) is 113 cm³/mol. The summed E-state index contributed by atoms with van der Waals surface area (Å²) in [6.45, 7) is 4.85. The predicted octanol–water partition coefficient (Wildman–Crippen LogP) is 2.67. The van der Waals surface area contributed by atoms with Crippen molar-refractivity contribution in [2.45, 2.75) is 64.5 Å². The molecule has 0 aromatic carbocycles. The van der Waals surface area contributed by atoms with Crippen LogP contribution in [0.3, 0.4) is 0 Å². The number of hydrogen-bond acceptors (Lipinski definition) is 4. The third kappa shape index (κ3) is 5.09. The first-order chi connectivity index (χ1) is 13.7. The fraction of sp³-hybridized carbons (Fsp3) is 0.619. The van der Waals surface area contributed by atoms with Crippen LogP contribution in [0, 0.1) is 25.2 Å². The van der Waals surface area contributed by atoms with E-state index in [1.807, 2.05) is 12.1 Å². The molecule has 1 aromatic rings. The highest BCUT2D eigenvalue weighted by Crippen LogP contribution is 2.32. The number of carbonyl (C=O) groups is 1. The highest BCUT2D eigenvalue weighted by molar-refractivity contribution is 7.88. The first-order valence-corrected chi connectivity index (χ1v) is 12.2. The second kappa shape index (κ2) is 8.72. The minimum absolute atomic E-state index is 0.0916. The van der Waals surface area contributed by atoms with Crippen LogP contribution in [0.1, 0.15) is 61.5 Å². The lowest BCUT2D eigenvalue weighted by Gasteiger charge is -2.26. The van der Waals surface area contributed by atoms with E-state index in [0.29, 0.717) is 19.0 Å². The molecule has 8 heteroatoms. The third-order valence-corrected chi connectivity index (χ3v) is 6.73. The molecule has 1 aliphatic carbocycles. The lowest BCUT2D eigenvalue weighted by atomic mass is 9.95. The number of nitriles is 1. The summed E-state index contributed by atoms with van der Waals surface area (Å²) in [5.74, 6) is -0.340. The van der Waals surface area contributed by atoms with E-state index in [1.54, 1.807) is 11.0 Å². The largest absolute Gasteiger partial charge is 0.346 e. The van der Waals surface area contributed by atoms with Gasteiger partial charge in [0.1, 0.15) is 11.6 Å². The zero-order valence-electron chi connectivity index (χ0n) is 17.4. The van der Waals surface area contributed by atoms with Crippen LogP contribution in [0.4, 0.5) is 0 Å². The van der Waals surface area contributed by atoms with Crippen molar-refractivity contribution in [3.8, 4) is 6.07 Å². The van der Waals surface area contributed by atoms with Crippen LogP contribution in [0.5, 0.6) is 0 Å². The van der Waals surface area contributed by atoms with Crippen molar-refractivity contribution in [2.75, 3.05) is 19.3 Å². The van der Waals surface area contributed by atoms with Crippen molar-refractivity contribution >= 4 is 22.0 Å². The van der Waals surface area contributed by atoms with E-state index in [2.05, 4.69) is 23.1 Å². The van der Waals surface area contributed by atoms with Gasteiger partial charge in [0, 0.05) is 36.6 Å². The highest BCUT2D eigenvalue weighted by atomic mass is 32.2. The summed E-state index contributed by atoms with van der Waals surface area (Å²) in [5, 5.41) is 9.60. The molecule has 0 spiro atoms. The molecule has 1 atom stereocenters. The summed E-state index contributed by atoms with van der Waals surface area (Å²) in [6, 6.07) is 4.29. The quantitative estimate of drug-likeness (QED) is 0.587. The van der Waals surface area contributed by atoms with Gasteiger partial charge in [-0.25, -0.2) is 13.1 Å². The zero-order valence-corrected chi connectivity index (χ0v) is 18.3. The van der Waals surface area contributed by atoms with Crippen LogP contribution in [0.25, 0.3) is 6.08 Å². The summed E-state index contributed by atoms with van der Waals surface area (Å²) >= 11 is 0. The molecule has 1 amide bonds. The lowest BCUT2D eigenvalue weighted by molar-refractivity contribution is -0.125. The Kier molecular flexibility index (Phi) is 6.49. The van der Waals surface area contributed by atoms with Gasteiger partial charge in [0.15, 0.2) is 0 Å². The van der Waals surface area contributed by atoms with Gasteiger partial charge >= 0.3 is 0 Å². The van der Waals surface area contributed by atoms with E-state index in [9.17, 15) is 18.5 Å². The van der Waals surface area contributed by atoms with E-state index in [4.69, 9.17) is 0 Å². The van der Waals surface area contributed by atoms with Crippen molar-refractivity contribution in [2.24, 2.45) is 0 Å². The second-order valence-electron chi connectivity index (χ2n) is 8.28. The number of likely N-dealkylation sites (tertiary alicyclic amines) is 1. The van der Waals surface area contributed by atoms with Gasteiger partial charge in [-0.05, 0) is 50.8 Å². The van der Waals surface area contributed by atoms with E-state index in [-0.39, 0.29) is 24.1 Å². The van der Waals surface area contributed by atoms with E-state index in [1.165, 1.54) is 32.1 Å². The number of rotatable bonds is 5. The maximum atomic E-state index is 12.8. The van der Waals surface area contributed by atoms with Gasteiger partial charge in [-0.2, -0.15) is 5.26 Å². The van der Waals surface area contributed by atoms with E-state index < -0.39 is 10.0 Å². The smallest absolute Gasteiger partial charge is 0.264 e. The summed E-state index contributed by atoms with van der Waals surface area (Å²) in [5.41, 5.74) is 3.24. The van der Waals surface area contributed by atoms with Crippen molar-refractivity contribution in [3.05, 3.63) is 28.6 Å². The number of aryl methyl sites for hydroxylation is 1. The monoisotopic (exact) mass is 418 g/mol. The lowest BCUT2D eigenvalue weighted by Crippen LogP contribution is -2.38. The summed E-state index contributed by atoms with van der Waals surface area (Å²) in [7, 11) is -3.32. The Balaban J connectivity index is 1.78. The highest BCUT2D eigenvalue weighted by Gasteiger charge is 2.30. The summed E-state index contributed by atoms with van der Waals surface area (Å²) < 4.78 is 27.7. The number of nitrogens with zero attached hydrogens (tertiary/aromatic N) is 3. The molecule has 0 radical (unpaired) electrons. The second-order valence-corrected chi connectivity index (χ2v) is 10.1. The number of nitrogens with one attached hydrogen (secondary N) is 1. The van der Waals surface area contributed by atoms with Gasteiger partial charge < -0.3 is 9.47 Å². The Morgan fingerprint density at radius 2 is 1.93 bits per heavy atom. The third-order valence-electron chi connectivity index (χ3n) is 5.97. The van der Waals surface area contributed by atoms with Crippen molar-refractivity contribution in [1.29, 1.82) is 5.26 Å². The molecule has 7 nitrogen and oxygen atoms in total. The van der Waals surface area contributed by atoms with Crippen molar-refractivity contribution in [1.82, 2.24) is 14.2 Å². The molecule has 1 saturated carbocycles. The maximum Gasteiger partial charge on any atom is 0.264 e. The van der Waals surface area contributed by atoms with Gasteiger partial charge in [-0.15, -0.1) is 0 Å². The van der Waals surface area contributed by atoms with Crippen LogP contribution >= 0.6 is 0 Å². The van der Waals surface area contributed by atoms with Crippen LogP contribution in [-0.2, 0) is 14.8 Å². The number of carbonyl (C=O) groups excluding carboxylic acids is 1. The molecule has 158 valence electrons. The average Bonchev–Trinajstić information content (AvgIpc) is 3.22. The normalized spacial score (nSPS) is 21.4. The molecule has 1 aromatic heterocycles. The topological polar surface area (TPSA) is 95.2 Å². The molecule has 0 bridgehead atoms. The van der Waals surface area contributed by atoms with Crippen LogP contribution in [0.15, 0.2) is 11.6 Å². The molecular formula is C21H30N4O3S. The van der Waals surface area contributed by atoms with Crippen LogP contribution in [0.2, 0.25) is 0 Å². The van der Waals surface area contributed by atoms with Crippen molar-refractivity contribution in [3.63, 3.8) is 0 Å². The molecule has 29 heavy (non-hydrogen) atoms. The number of amides is 1. The Morgan fingerprint density at radius 3 is 2.55 bits per heavy atom. The zero-order chi connectivity index (χ0) is 21.2.